The van der Waals surface area contributed by atoms with Gasteiger partial charge in [0, 0.05) is 11.6 Å². The first-order valence-corrected chi connectivity index (χ1v) is 3.66. The fraction of sp³-hybridized carbons (Fsp3) is 0.250. The molecule has 0 aliphatic rings. The number of rotatable bonds is 2. The van der Waals surface area contributed by atoms with E-state index in [2.05, 4.69) is 0 Å². The lowest BCUT2D eigenvalue weighted by Crippen LogP contribution is -2.06. The first-order valence-electron chi connectivity index (χ1n) is 3.66. The monoisotopic (exact) mass is 189 g/mol. The second-order valence-electron chi connectivity index (χ2n) is 2.56. The van der Waals surface area contributed by atoms with Gasteiger partial charge in [-0.3, -0.25) is 0 Å². The van der Waals surface area contributed by atoms with Gasteiger partial charge in [-0.25, -0.2) is 8.78 Å². The predicted octanol–water partition coefficient (Wildman–Crippen LogP) is 0.877. The van der Waals surface area contributed by atoms with Crippen LogP contribution in [-0.4, -0.2) is 16.8 Å². The molecule has 1 aromatic rings. The lowest BCUT2D eigenvalue weighted by molar-refractivity contribution is 0.370. The van der Waals surface area contributed by atoms with E-state index in [9.17, 15) is 8.78 Å². The van der Waals surface area contributed by atoms with Crippen molar-refractivity contribution >= 4 is 0 Å². The van der Waals surface area contributed by atoms with Crippen molar-refractivity contribution in [3.63, 3.8) is 0 Å². The van der Waals surface area contributed by atoms with Gasteiger partial charge in [-0.1, -0.05) is 0 Å². The van der Waals surface area contributed by atoms with E-state index < -0.39 is 23.1 Å². The zero-order chi connectivity index (χ0) is 10.0. The van der Waals surface area contributed by atoms with Crippen molar-refractivity contribution < 1.29 is 19.0 Å². The Morgan fingerprint density at radius 1 is 1.31 bits per heavy atom. The van der Waals surface area contributed by atoms with E-state index in [0.29, 0.717) is 6.07 Å². The van der Waals surface area contributed by atoms with Gasteiger partial charge < -0.3 is 15.9 Å². The standard InChI is InChI=1S/C8H9F2NO2/c9-5-3-6(12)8(13)7(10)4(5)1-2-11/h3,12-13H,1-2,11H2. The van der Waals surface area contributed by atoms with Crippen molar-refractivity contribution in [1.29, 1.82) is 0 Å². The second kappa shape index (κ2) is 3.57. The molecular weight excluding hydrogens is 180 g/mol. The highest BCUT2D eigenvalue weighted by Crippen LogP contribution is 2.31. The summed E-state index contributed by atoms with van der Waals surface area (Å²) in [6.45, 7) is 0.0675. The topological polar surface area (TPSA) is 66.5 Å². The minimum absolute atomic E-state index is 0.0223. The summed E-state index contributed by atoms with van der Waals surface area (Å²) in [5.74, 6) is -3.80. The highest BCUT2D eigenvalue weighted by atomic mass is 19.1. The average molecular weight is 189 g/mol. The Morgan fingerprint density at radius 2 is 1.92 bits per heavy atom. The zero-order valence-corrected chi connectivity index (χ0v) is 6.72. The fourth-order valence-electron chi connectivity index (χ4n) is 1.01. The smallest absolute Gasteiger partial charge is 0.194 e. The molecule has 0 saturated carbocycles. The molecule has 0 atom stereocenters. The number of nitrogens with two attached hydrogens (primary N) is 1. The third-order valence-electron chi connectivity index (χ3n) is 1.66. The van der Waals surface area contributed by atoms with Crippen molar-refractivity contribution in [3.8, 4) is 11.5 Å². The van der Waals surface area contributed by atoms with Gasteiger partial charge in [0.1, 0.15) is 5.82 Å². The number of hydrogen-bond donors (Lipinski definition) is 3. The summed E-state index contributed by atoms with van der Waals surface area (Å²) in [5.41, 5.74) is 4.80. The van der Waals surface area contributed by atoms with Crippen molar-refractivity contribution in [2.75, 3.05) is 6.54 Å². The zero-order valence-electron chi connectivity index (χ0n) is 6.72. The van der Waals surface area contributed by atoms with Crippen molar-refractivity contribution in [2.45, 2.75) is 6.42 Å². The lowest BCUT2D eigenvalue weighted by atomic mass is 10.1. The first-order chi connectivity index (χ1) is 6.07. The van der Waals surface area contributed by atoms with Crippen LogP contribution in [0.2, 0.25) is 0 Å². The van der Waals surface area contributed by atoms with Crippen molar-refractivity contribution in [1.82, 2.24) is 0 Å². The summed E-state index contributed by atoms with van der Waals surface area (Å²) in [7, 11) is 0. The quantitative estimate of drug-likeness (QED) is 0.605. The van der Waals surface area contributed by atoms with Gasteiger partial charge in [0.05, 0.1) is 0 Å². The molecule has 0 aliphatic heterocycles. The Kier molecular flexibility index (Phi) is 2.67. The first kappa shape index (κ1) is 9.73. The Labute approximate surface area is 73.4 Å². The molecule has 0 saturated heterocycles. The van der Waals surface area contributed by atoms with Gasteiger partial charge >= 0.3 is 0 Å². The molecule has 0 fully saturated rings. The predicted molar refractivity (Wildman–Crippen MR) is 42.4 cm³/mol. The minimum atomic E-state index is -1.15. The van der Waals surface area contributed by atoms with Crippen LogP contribution in [-0.2, 0) is 6.42 Å². The summed E-state index contributed by atoms with van der Waals surface area (Å²) in [6.07, 6.45) is -0.0223. The van der Waals surface area contributed by atoms with E-state index in [0.717, 1.165) is 0 Å². The van der Waals surface area contributed by atoms with Crippen LogP contribution in [0.1, 0.15) is 5.56 Å². The molecule has 0 heterocycles. The van der Waals surface area contributed by atoms with E-state index in [-0.39, 0.29) is 18.5 Å². The molecule has 0 bridgehead atoms. The molecule has 3 nitrogen and oxygen atoms in total. The molecule has 72 valence electrons. The number of phenolic OH excluding ortho intramolecular Hbond substituents is 2. The highest BCUT2D eigenvalue weighted by molar-refractivity contribution is 5.43. The minimum Gasteiger partial charge on any atom is -0.504 e. The van der Waals surface area contributed by atoms with Crippen LogP contribution in [0.15, 0.2) is 6.07 Å². The molecule has 4 N–H and O–H groups in total. The molecule has 1 aromatic carbocycles. The maximum atomic E-state index is 13.0. The maximum absolute atomic E-state index is 13.0. The van der Waals surface area contributed by atoms with E-state index in [4.69, 9.17) is 15.9 Å². The Morgan fingerprint density at radius 3 is 2.46 bits per heavy atom. The Hall–Kier alpha value is -1.36. The number of halogens is 2. The largest absolute Gasteiger partial charge is 0.504 e. The van der Waals surface area contributed by atoms with Crippen molar-refractivity contribution in [2.24, 2.45) is 5.73 Å². The molecular formula is C8H9F2NO2. The number of aromatic hydroxyl groups is 2. The molecule has 0 aliphatic carbocycles. The molecule has 0 aromatic heterocycles. The summed E-state index contributed by atoms with van der Waals surface area (Å²) in [4.78, 5) is 0. The fourth-order valence-corrected chi connectivity index (χ4v) is 1.01. The van der Waals surface area contributed by atoms with Crippen LogP contribution in [0, 0.1) is 11.6 Å². The third-order valence-corrected chi connectivity index (χ3v) is 1.66. The molecule has 0 radical (unpaired) electrons. The summed E-state index contributed by atoms with van der Waals surface area (Å²) >= 11 is 0. The molecule has 0 amide bonds. The van der Waals surface area contributed by atoms with Crippen LogP contribution < -0.4 is 5.73 Å². The van der Waals surface area contributed by atoms with Crippen LogP contribution >= 0.6 is 0 Å². The lowest BCUT2D eigenvalue weighted by Gasteiger charge is -2.06. The van der Waals surface area contributed by atoms with Crippen LogP contribution in [0.25, 0.3) is 0 Å². The van der Waals surface area contributed by atoms with Gasteiger partial charge in [0.15, 0.2) is 17.3 Å². The molecule has 1 rings (SSSR count). The Balaban J connectivity index is 3.26. The normalized spacial score (nSPS) is 10.4. The van der Waals surface area contributed by atoms with Crippen LogP contribution in [0.4, 0.5) is 8.78 Å². The van der Waals surface area contributed by atoms with E-state index in [1.807, 2.05) is 0 Å². The van der Waals surface area contributed by atoms with Gasteiger partial charge in [-0.15, -0.1) is 0 Å². The third kappa shape index (κ3) is 1.70. The van der Waals surface area contributed by atoms with Gasteiger partial charge in [-0.05, 0) is 13.0 Å². The van der Waals surface area contributed by atoms with Gasteiger partial charge in [0.25, 0.3) is 0 Å². The average Bonchev–Trinajstić information content (AvgIpc) is 2.09. The SMILES string of the molecule is NCCc1c(F)cc(O)c(O)c1F. The highest BCUT2D eigenvalue weighted by Gasteiger charge is 2.16. The van der Waals surface area contributed by atoms with Gasteiger partial charge in [0.2, 0.25) is 0 Å². The van der Waals surface area contributed by atoms with E-state index >= 15 is 0 Å². The number of phenols is 2. The Bertz CT molecular complexity index is 328. The second-order valence-corrected chi connectivity index (χ2v) is 2.56. The number of benzene rings is 1. The molecule has 13 heavy (non-hydrogen) atoms. The summed E-state index contributed by atoms with van der Waals surface area (Å²) in [5, 5.41) is 17.7. The molecule has 0 unspecified atom stereocenters. The van der Waals surface area contributed by atoms with Crippen LogP contribution in [0.5, 0.6) is 11.5 Å². The summed E-state index contributed by atoms with van der Waals surface area (Å²) in [6, 6.07) is 0.656. The van der Waals surface area contributed by atoms with E-state index in [1.165, 1.54) is 0 Å². The van der Waals surface area contributed by atoms with E-state index in [1.54, 1.807) is 0 Å². The van der Waals surface area contributed by atoms with Crippen LogP contribution in [0.3, 0.4) is 0 Å². The molecule has 5 heteroatoms. The summed E-state index contributed by atoms with van der Waals surface area (Å²) < 4.78 is 25.9. The number of hydrogen-bond acceptors (Lipinski definition) is 3. The maximum Gasteiger partial charge on any atom is 0.194 e. The van der Waals surface area contributed by atoms with Gasteiger partial charge in [-0.2, -0.15) is 0 Å². The van der Waals surface area contributed by atoms with Crippen molar-refractivity contribution in [3.05, 3.63) is 23.3 Å². The molecule has 0 spiro atoms.